The first-order chi connectivity index (χ1) is 10.2. The standard InChI is InChI=1S/C15H30N4O2/c1-3-21-10-5-4-8-18-15(17-2)19-9-6-7-13(12-19)11-14(16)20/h13H,3-12H2,1-2H3,(H2,16,20)(H,17,18). The van der Waals surface area contributed by atoms with E-state index in [9.17, 15) is 4.79 Å². The van der Waals surface area contributed by atoms with Crippen LogP contribution in [0.3, 0.4) is 0 Å². The van der Waals surface area contributed by atoms with E-state index in [0.29, 0.717) is 12.3 Å². The van der Waals surface area contributed by atoms with E-state index in [2.05, 4.69) is 15.2 Å². The highest BCUT2D eigenvalue weighted by atomic mass is 16.5. The number of piperidine rings is 1. The zero-order valence-electron chi connectivity index (χ0n) is 13.4. The minimum atomic E-state index is -0.208. The molecule has 3 N–H and O–H groups in total. The van der Waals surface area contributed by atoms with E-state index in [-0.39, 0.29) is 5.91 Å². The Kier molecular flexibility index (Phi) is 8.82. The van der Waals surface area contributed by atoms with Crippen LogP contribution in [0.25, 0.3) is 0 Å². The number of nitrogens with one attached hydrogen (secondary N) is 1. The van der Waals surface area contributed by atoms with Crippen molar-refractivity contribution in [1.82, 2.24) is 10.2 Å². The molecule has 1 heterocycles. The summed E-state index contributed by atoms with van der Waals surface area (Å²) in [5.41, 5.74) is 5.30. The Morgan fingerprint density at radius 2 is 2.29 bits per heavy atom. The van der Waals surface area contributed by atoms with Crippen LogP contribution in [0.1, 0.15) is 39.0 Å². The molecule has 1 atom stereocenters. The number of hydrogen-bond donors (Lipinski definition) is 2. The van der Waals surface area contributed by atoms with Gasteiger partial charge in [-0.05, 0) is 38.5 Å². The second-order valence-electron chi connectivity index (χ2n) is 5.50. The van der Waals surface area contributed by atoms with Gasteiger partial charge in [0.2, 0.25) is 5.91 Å². The maximum absolute atomic E-state index is 11.1. The number of nitrogens with zero attached hydrogens (tertiary/aromatic N) is 2. The molecule has 0 spiro atoms. The van der Waals surface area contributed by atoms with E-state index < -0.39 is 0 Å². The Balaban J connectivity index is 2.29. The summed E-state index contributed by atoms with van der Waals surface area (Å²) in [5.74, 6) is 1.08. The van der Waals surface area contributed by atoms with E-state index in [1.165, 1.54) is 0 Å². The van der Waals surface area contributed by atoms with Gasteiger partial charge in [-0.25, -0.2) is 0 Å². The number of carbonyl (C=O) groups excluding carboxylic acids is 1. The highest BCUT2D eigenvalue weighted by molar-refractivity contribution is 5.80. The molecule has 1 unspecified atom stereocenters. The lowest BCUT2D eigenvalue weighted by atomic mass is 9.95. The highest BCUT2D eigenvalue weighted by Gasteiger charge is 2.23. The zero-order chi connectivity index (χ0) is 15.5. The molecule has 1 aliphatic heterocycles. The third kappa shape index (κ3) is 7.32. The molecule has 0 radical (unpaired) electrons. The van der Waals surface area contributed by atoms with Gasteiger partial charge in [-0.1, -0.05) is 0 Å². The van der Waals surface area contributed by atoms with Gasteiger partial charge in [0.15, 0.2) is 5.96 Å². The second-order valence-corrected chi connectivity index (χ2v) is 5.50. The van der Waals surface area contributed by atoms with Crippen molar-refractivity contribution in [1.29, 1.82) is 0 Å². The molecule has 122 valence electrons. The summed E-state index contributed by atoms with van der Waals surface area (Å²) in [6, 6.07) is 0. The van der Waals surface area contributed by atoms with Crippen LogP contribution in [0.15, 0.2) is 4.99 Å². The van der Waals surface area contributed by atoms with E-state index in [1.807, 2.05) is 6.92 Å². The van der Waals surface area contributed by atoms with E-state index in [0.717, 1.165) is 64.5 Å². The molecule has 1 rings (SSSR count). The fraction of sp³-hybridized carbons (Fsp3) is 0.867. The molecule has 1 saturated heterocycles. The lowest BCUT2D eigenvalue weighted by Gasteiger charge is -2.34. The number of aliphatic imine (C=N–C) groups is 1. The monoisotopic (exact) mass is 298 g/mol. The maximum atomic E-state index is 11.1. The van der Waals surface area contributed by atoms with Gasteiger partial charge in [-0.2, -0.15) is 0 Å². The molecule has 0 saturated carbocycles. The van der Waals surface area contributed by atoms with Crippen molar-refractivity contribution < 1.29 is 9.53 Å². The molecule has 21 heavy (non-hydrogen) atoms. The summed E-state index contributed by atoms with van der Waals surface area (Å²) in [6.45, 7) is 6.37. The van der Waals surface area contributed by atoms with Crippen LogP contribution in [-0.2, 0) is 9.53 Å². The molecule has 6 heteroatoms. The number of nitrogens with two attached hydrogens (primary N) is 1. The van der Waals surface area contributed by atoms with Gasteiger partial charge >= 0.3 is 0 Å². The molecule has 1 fully saturated rings. The second kappa shape index (κ2) is 10.4. The lowest BCUT2D eigenvalue weighted by Crippen LogP contribution is -2.47. The first-order valence-corrected chi connectivity index (χ1v) is 7.99. The number of primary amides is 1. The van der Waals surface area contributed by atoms with Gasteiger partial charge in [-0.3, -0.25) is 9.79 Å². The topological polar surface area (TPSA) is 79.9 Å². The first kappa shape index (κ1) is 17.8. The van der Waals surface area contributed by atoms with Crippen LogP contribution in [-0.4, -0.2) is 56.7 Å². The number of likely N-dealkylation sites (tertiary alicyclic amines) is 1. The van der Waals surface area contributed by atoms with Crippen molar-refractivity contribution in [2.24, 2.45) is 16.6 Å². The summed E-state index contributed by atoms with van der Waals surface area (Å²) in [4.78, 5) is 17.6. The van der Waals surface area contributed by atoms with Crippen molar-refractivity contribution in [2.75, 3.05) is 39.9 Å². The molecular weight excluding hydrogens is 268 g/mol. The average molecular weight is 298 g/mol. The summed E-state index contributed by atoms with van der Waals surface area (Å²) in [7, 11) is 1.81. The maximum Gasteiger partial charge on any atom is 0.217 e. The third-order valence-electron chi connectivity index (χ3n) is 3.72. The smallest absolute Gasteiger partial charge is 0.217 e. The Morgan fingerprint density at radius 1 is 1.48 bits per heavy atom. The first-order valence-electron chi connectivity index (χ1n) is 7.99. The number of carbonyl (C=O) groups is 1. The van der Waals surface area contributed by atoms with E-state index >= 15 is 0 Å². The van der Waals surface area contributed by atoms with Crippen molar-refractivity contribution in [3.05, 3.63) is 0 Å². The molecule has 0 bridgehead atoms. The van der Waals surface area contributed by atoms with Gasteiger partial charge < -0.3 is 20.7 Å². The minimum Gasteiger partial charge on any atom is -0.382 e. The molecule has 0 aromatic rings. The van der Waals surface area contributed by atoms with E-state index in [4.69, 9.17) is 10.5 Å². The highest BCUT2D eigenvalue weighted by Crippen LogP contribution is 2.19. The number of ether oxygens (including phenoxy) is 1. The number of hydrogen-bond acceptors (Lipinski definition) is 3. The molecule has 6 nitrogen and oxygen atoms in total. The van der Waals surface area contributed by atoms with Gasteiger partial charge in [0.25, 0.3) is 0 Å². The zero-order valence-corrected chi connectivity index (χ0v) is 13.4. The van der Waals surface area contributed by atoms with Crippen molar-refractivity contribution in [3.63, 3.8) is 0 Å². The fourth-order valence-electron chi connectivity index (χ4n) is 2.71. The van der Waals surface area contributed by atoms with Gasteiger partial charge in [0.1, 0.15) is 0 Å². The predicted octanol–water partition coefficient (Wildman–Crippen LogP) is 0.966. The SMILES string of the molecule is CCOCCCCNC(=NC)N1CCCC(CC(N)=O)C1. The van der Waals surface area contributed by atoms with Crippen LogP contribution >= 0.6 is 0 Å². The Morgan fingerprint density at radius 3 is 2.95 bits per heavy atom. The van der Waals surface area contributed by atoms with Crippen molar-refractivity contribution >= 4 is 11.9 Å². The van der Waals surface area contributed by atoms with Crippen LogP contribution in [0, 0.1) is 5.92 Å². The van der Waals surface area contributed by atoms with Gasteiger partial charge in [0, 0.05) is 46.3 Å². The lowest BCUT2D eigenvalue weighted by molar-refractivity contribution is -0.119. The summed E-state index contributed by atoms with van der Waals surface area (Å²) < 4.78 is 5.32. The third-order valence-corrected chi connectivity index (χ3v) is 3.72. The Hall–Kier alpha value is -1.30. The van der Waals surface area contributed by atoms with Gasteiger partial charge in [-0.15, -0.1) is 0 Å². The molecule has 0 aromatic carbocycles. The van der Waals surface area contributed by atoms with Crippen LogP contribution in [0.2, 0.25) is 0 Å². The number of guanidine groups is 1. The van der Waals surface area contributed by atoms with Crippen LogP contribution in [0.5, 0.6) is 0 Å². The van der Waals surface area contributed by atoms with Crippen molar-refractivity contribution in [2.45, 2.75) is 39.0 Å². The number of amides is 1. The quantitative estimate of drug-likeness (QED) is 0.397. The number of unbranched alkanes of at least 4 members (excludes halogenated alkanes) is 1. The molecule has 0 aromatic heterocycles. The molecule has 1 aliphatic rings. The minimum absolute atomic E-state index is 0.208. The summed E-state index contributed by atoms with van der Waals surface area (Å²) in [6.07, 6.45) is 4.76. The predicted molar refractivity (Wildman–Crippen MR) is 85.2 cm³/mol. The van der Waals surface area contributed by atoms with Gasteiger partial charge in [0.05, 0.1) is 0 Å². The Labute approximate surface area is 128 Å². The molecule has 1 amide bonds. The fourth-order valence-corrected chi connectivity index (χ4v) is 2.71. The van der Waals surface area contributed by atoms with Crippen LogP contribution < -0.4 is 11.1 Å². The molecule has 0 aliphatic carbocycles. The summed E-state index contributed by atoms with van der Waals surface area (Å²) >= 11 is 0. The van der Waals surface area contributed by atoms with Crippen molar-refractivity contribution in [3.8, 4) is 0 Å². The average Bonchev–Trinajstić information content (AvgIpc) is 2.46. The normalized spacial score (nSPS) is 19.6. The molecular formula is C15H30N4O2. The van der Waals surface area contributed by atoms with Crippen LogP contribution in [0.4, 0.5) is 0 Å². The largest absolute Gasteiger partial charge is 0.382 e. The Bertz CT molecular complexity index is 334. The summed E-state index contributed by atoms with van der Waals surface area (Å²) in [5, 5.41) is 3.39. The number of rotatable bonds is 8. The van der Waals surface area contributed by atoms with E-state index in [1.54, 1.807) is 7.05 Å².